The van der Waals surface area contributed by atoms with Gasteiger partial charge in [0.2, 0.25) is 0 Å². The van der Waals surface area contributed by atoms with Gasteiger partial charge in [-0.1, -0.05) is 13.3 Å². The molecule has 0 saturated heterocycles. The number of ether oxygens (including phenoxy) is 2. The van der Waals surface area contributed by atoms with Crippen molar-refractivity contribution >= 4 is 5.70 Å². The molecule has 0 radical (unpaired) electrons. The molecule has 1 aliphatic rings. The van der Waals surface area contributed by atoms with Crippen LogP contribution in [0, 0.1) is 11.3 Å². The van der Waals surface area contributed by atoms with Crippen molar-refractivity contribution in [1.82, 2.24) is 5.48 Å². The predicted molar refractivity (Wildman–Crippen MR) is 79.7 cm³/mol. The van der Waals surface area contributed by atoms with E-state index >= 15 is 0 Å². The lowest BCUT2D eigenvalue weighted by atomic mass is 10.1. The highest BCUT2D eigenvalue weighted by Gasteiger charge is 2.30. The minimum absolute atomic E-state index is 0.0255. The number of alkyl halides is 2. The van der Waals surface area contributed by atoms with Gasteiger partial charge in [0, 0.05) is 5.56 Å². The molecule has 0 aliphatic carbocycles. The summed E-state index contributed by atoms with van der Waals surface area (Å²) in [6, 6.07) is 6.60. The monoisotopic (exact) mass is 324 g/mol. The second kappa shape index (κ2) is 7.29. The first-order valence-corrected chi connectivity index (χ1v) is 7.27. The Kier molecular flexibility index (Phi) is 5.40. The lowest BCUT2D eigenvalue weighted by Crippen LogP contribution is -2.22. The smallest absolute Gasteiger partial charge is 0.387 e. The Hall–Kier alpha value is -2.33. The molecule has 0 amide bonds. The number of hydrogen-bond donors (Lipinski definition) is 1. The quantitative estimate of drug-likeness (QED) is 0.776. The second-order valence-corrected chi connectivity index (χ2v) is 5.22. The maximum absolute atomic E-state index is 12.5. The average molecular weight is 324 g/mol. The van der Waals surface area contributed by atoms with Crippen LogP contribution in [-0.4, -0.2) is 18.8 Å². The third-order valence-electron chi connectivity index (χ3n) is 3.24. The second-order valence-electron chi connectivity index (χ2n) is 5.22. The topological polar surface area (TPSA) is 63.5 Å². The Balaban J connectivity index is 2.27. The average Bonchev–Trinajstić information content (AvgIpc) is 2.92. The molecule has 1 unspecified atom stereocenters. The van der Waals surface area contributed by atoms with Crippen LogP contribution in [0.25, 0.3) is 5.70 Å². The van der Waals surface area contributed by atoms with Crippen molar-refractivity contribution in [1.29, 1.82) is 5.26 Å². The van der Waals surface area contributed by atoms with Gasteiger partial charge in [0.1, 0.15) is 6.07 Å². The molecule has 0 aromatic heterocycles. The van der Waals surface area contributed by atoms with E-state index in [9.17, 15) is 8.78 Å². The molecule has 1 heterocycles. The number of unbranched alkanes of at least 4 members (excludes halogenated alkanes) is 1. The standard InChI is InChI=1S/C16H18F2N2O3/c1-3-4-7-21-14-8-11(5-6-13(14)22-15(17)18)12-9-16(2,10-19)23-20-12/h5-6,8-9,15,20H,3-4,7H2,1-2H3. The van der Waals surface area contributed by atoms with Gasteiger partial charge in [0.25, 0.3) is 0 Å². The molecule has 7 heteroatoms. The lowest BCUT2D eigenvalue weighted by Gasteiger charge is -2.14. The first-order chi connectivity index (χ1) is 11.0. The SMILES string of the molecule is CCCCOc1cc(C2=CC(C)(C#N)ON2)ccc1OC(F)F. The molecule has 1 aliphatic heterocycles. The Morgan fingerprint density at radius 3 is 2.78 bits per heavy atom. The van der Waals surface area contributed by atoms with Crippen molar-refractivity contribution < 1.29 is 23.1 Å². The molecular formula is C16H18F2N2O3. The highest BCUT2D eigenvalue weighted by Crippen LogP contribution is 2.34. The molecule has 1 aromatic carbocycles. The predicted octanol–water partition coefficient (Wildman–Crippen LogP) is 3.62. The van der Waals surface area contributed by atoms with E-state index in [2.05, 4.69) is 10.2 Å². The van der Waals surface area contributed by atoms with Gasteiger partial charge in [-0.15, -0.1) is 0 Å². The number of nitrogens with zero attached hydrogens (tertiary/aromatic N) is 1. The molecule has 124 valence electrons. The molecule has 0 saturated carbocycles. The highest BCUT2D eigenvalue weighted by molar-refractivity contribution is 5.69. The summed E-state index contributed by atoms with van der Waals surface area (Å²) in [5, 5.41) is 9.04. The number of nitrogens with one attached hydrogen (secondary N) is 1. The summed E-state index contributed by atoms with van der Waals surface area (Å²) in [6.07, 6.45) is 3.34. The molecule has 0 bridgehead atoms. The van der Waals surface area contributed by atoms with Crippen molar-refractivity contribution in [2.24, 2.45) is 0 Å². The van der Waals surface area contributed by atoms with E-state index in [1.165, 1.54) is 6.07 Å². The van der Waals surface area contributed by atoms with Crippen molar-refractivity contribution in [3.8, 4) is 17.6 Å². The van der Waals surface area contributed by atoms with Crippen LogP contribution in [-0.2, 0) is 4.84 Å². The maximum atomic E-state index is 12.5. The largest absolute Gasteiger partial charge is 0.490 e. The Morgan fingerprint density at radius 2 is 2.17 bits per heavy atom. The van der Waals surface area contributed by atoms with E-state index in [0.29, 0.717) is 17.9 Å². The third-order valence-corrected chi connectivity index (χ3v) is 3.24. The zero-order valence-corrected chi connectivity index (χ0v) is 12.9. The van der Waals surface area contributed by atoms with Crippen LogP contribution in [0.4, 0.5) is 8.78 Å². The Bertz CT molecular complexity index is 628. The fraction of sp³-hybridized carbons (Fsp3) is 0.438. The molecule has 2 rings (SSSR count). The number of rotatable bonds is 7. The van der Waals surface area contributed by atoms with Crippen LogP contribution in [0.3, 0.4) is 0 Å². The van der Waals surface area contributed by atoms with Crippen molar-refractivity contribution in [3.05, 3.63) is 29.8 Å². The molecule has 0 spiro atoms. The van der Waals surface area contributed by atoms with Gasteiger partial charge in [-0.3, -0.25) is 10.3 Å². The van der Waals surface area contributed by atoms with Gasteiger partial charge in [-0.05, 0) is 37.6 Å². The van der Waals surface area contributed by atoms with Gasteiger partial charge in [0.15, 0.2) is 17.1 Å². The summed E-state index contributed by atoms with van der Waals surface area (Å²) in [6.45, 7) is 1.09. The summed E-state index contributed by atoms with van der Waals surface area (Å²) < 4.78 is 35.0. The zero-order chi connectivity index (χ0) is 16.9. The summed E-state index contributed by atoms with van der Waals surface area (Å²) in [4.78, 5) is 5.19. The molecular weight excluding hydrogens is 306 g/mol. The van der Waals surface area contributed by atoms with E-state index < -0.39 is 12.2 Å². The van der Waals surface area contributed by atoms with Crippen molar-refractivity contribution in [3.63, 3.8) is 0 Å². The number of hydroxylamine groups is 1. The van der Waals surface area contributed by atoms with Gasteiger partial charge in [-0.25, -0.2) is 0 Å². The number of benzene rings is 1. The Labute approximate surface area is 133 Å². The normalized spacial score (nSPS) is 19.9. The number of nitriles is 1. The fourth-order valence-corrected chi connectivity index (χ4v) is 2.00. The highest BCUT2D eigenvalue weighted by atomic mass is 19.3. The first-order valence-electron chi connectivity index (χ1n) is 7.27. The van der Waals surface area contributed by atoms with E-state index in [1.807, 2.05) is 13.0 Å². The van der Waals surface area contributed by atoms with E-state index in [1.54, 1.807) is 25.1 Å². The van der Waals surface area contributed by atoms with Crippen LogP contribution in [0.15, 0.2) is 24.3 Å². The minimum atomic E-state index is -2.93. The Morgan fingerprint density at radius 1 is 1.39 bits per heavy atom. The van der Waals surface area contributed by atoms with Crippen LogP contribution < -0.4 is 15.0 Å². The van der Waals surface area contributed by atoms with Crippen molar-refractivity contribution in [2.45, 2.75) is 38.9 Å². The van der Waals surface area contributed by atoms with Crippen molar-refractivity contribution in [2.75, 3.05) is 6.61 Å². The van der Waals surface area contributed by atoms with Gasteiger partial charge >= 0.3 is 6.61 Å². The number of hydrogen-bond acceptors (Lipinski definition) is 5. The van der Waals surface area contributed by atoms with Crippen LogP contribution in [0.5, 0.6) is 11.5 Å². The van der Waals surface area contributed by atoms with Crippen LogP contribution in [0.2, 0.25) is 0 Å². The summed E-state index contributed by atoms with van der Waals surface area (Å²) in [5.41, 5.74) is 2.81. The fourth-order valence-electron chi connectivity index (χ4n) is 2.00. The summed E-state index contributed by atoms with van der Waals surface area (Å²) >= 11 is 0. The van der Waals surface area contributed by atoms with E-state index in [4.69, 9.17) is 14.8 Å². The van der Waals surface area contributed by atoms with Crippen LogP contribution >= 0.6 is 0 Å². The lowest BCUT2D eigenvalue weighted by molar-refractivity contribution is -0.0515. The van der Waals surface area contributed by atoms with Crippen LogP contribution in [0.1, 0.15) is 32.3 Å². The maximum Gasteiger partial charge on any atom is 0.387 e. The van der Waals surface area contributed by atoms with Gasteiger partial charge in [-0.2, -0.15) is 14.0 Å². The third kappa shape index (κ3) is 4.33. The molecule has 0 fully saturated rings. The zero-order valence-electron chi connectivity index (χ0n) is 12.9. The van der Waals surface area contributed by atoms with E-state index in [-0.39, 0.29) is 11.5 Å². The molecule has 1 N–H and O–H groups in total. The van der Waals surface area contributed by atoms with E-state index in [0.717, 1.165) is 12.8 Å². The summed E-state index contributed by atoms with van der Waals surface area (Å²) in [5.74, 6) is 0.201. The minimum Gasteiger partial charge on any atom is -0.490 e. The number of halogens is 2. The summed E-state index contributed by atoms with van der Waals surface area (Å²) in [7, 11) is 0. The molecule has 1 aromatic rings. The van der Waals surface area contributed by atoms with Gasteiger partial charge in [0.05, 0.1) is 12.3 Å². The molecule has 1 atom stereocenters. The first kappa shape index (κ1) is 17.0. The molecule has 23 heavy (non-hydrogen) atoms. The molecule has 5 nitrogen and oxygen atoms in total. The van der Waals surface area contributed by atoms with Gasteiger partial charge < -0.3 is 9.47 Å².